The topological polar surface area (TPSA) is 84.7 Å². The summed E-state index contributed by atoms with van der Waals surface area (Å²) in [6.45, 7) is 0.719. The van der Waals surface area contributed by atoms with E-state index in [-0.39, 0.29) is 6.61 Å². The lowest BCUT2D eigenvalue weighted by Gasteiger charge is -2.03. The molecule has 130 valence electrons. The first-order valence-corrected chi connectivity index (χ1v) is 8.47. The number of nitrogens with one attached hydrogen (secondary N) is 2. The number of aromatic amines is 1. The maximum Gasteiger partial charge on any atom is 0.121 e. The van der Waals surface area contributed by atoms with Crippen LogP contribution in [0, 0.1) is 11.3 Å². The van der Waals surface area contributed by atoms with Crippen molar-refractivity contribution in [3.8, 4) is 17.3 Å². The Morgan fingerprint density at radius 2 is 2.00 bits per heavy atom. The third kappa shape index (κ3) is 4.38. The Morgan fingerprint density at radius 3 is 2.77 bits per heavy atom. The zero-order valence-corrected chi connectivity index (χ0v) is 14.3. The molecule has 0 bridgehead atoms. The summed E-state index contributed by atoms with van der Waals surface area (Å²) in [6, 6.07) is 17.9. The Hall–Kier alpha value is -3.36. The van der Waals surface area contributed by atoms with Gasteiger partial charge in [0.25, 0.3) is 0 Å². The summed E-state index contributed by atoms with van der Waals surface area (Å²) < 4.78 is 0. The molecular weight excluding hydrogens is 324 g/mol. The molecule has 0 aliphatic rings. The van der Waals surface area contributed by atoms with Crippen LogP contribution in [0.3, 0.4) is 0 Å². The van der Waals surface area contributed by atoms with Crippen molar-refractivity contribution < 1.29 is 5.11 Å². The number of aromatic nitrogens is 2. The molecule has 0 fully saturated rings. The first-order chi connectivity index (χ1) is 12.8. The summed E-state index contributed by atoms with van der Waals surface area (Å²) in [6.07, 6.45) is 6.37. The van der Waals surface area contributed by atoms with Crippen molar-refractivity contribution >= 4 is 18.0 Å². The van der Waals surface area contributed by atoms with Gasteiger partial charge in [-0.05, 0) is 36.3 Å². The molecule has 0 aliphatic carbocycles. The Bertz CT molecular complexity index is 923. The predicted molar refractivity (Wildman–Crippen MR) is 104 cm³/mol. The van der Waals surface area contributed by atoms with E-state index in [1.54, 1.807) is 6.20 Å². The minimum atomic E-state index is 0.115. The van der Waals surface area contributed by atoms with Crippen LogP contribution in [0.2, 0.25) is 0 Å². The van der Waals surface area contributed by atoms with Gasteiger partial charge in [-0.3, -0.25) is 4.98 Å². The van der Waals surface area contributed by atoms with E-state index >= 15 is 0 Å². The first kappa shape index (κ1) is 17.5. The van der Waals surface area contributed by atoms with Crippen LogP contribution in [-0.2, 0) is 0 Å². The highest BCUT2D eigenvalue weighted by molar-refractivity contribution is 5.73. The predicted octanol–water partition coefficient (Wildman–Crippen LogP) is 3.91. The van der Waals surface area contributed by atoms with E-state index in [1.165, 1.54) is 0 Å². The summed E-state index contributed by atoms with van der Waals surface area (Å²) in [5.74, 6) is 0.675. The second kappa shape index (κ2) is 8.65. The van der Waals surface area contributed by atoms with Crippen molar-refractivity contribution in [1.29, 1.82) is 5.26 Å². The van der Waals surface area contributed by atoms with Crippen LogP contribution < -0.4 is 5.32 Å². The van der Waals surface area contributed by atoms with Gasteiger partial charge in [0.2, 0.25) is 0 Å². The molecule has 0 atom stereocenters. The summed E-state index contributed by atoms with van der Waals surface area (Å²) in [4.78, 5) is 7.62. The monoisotopic (exact) mass is 344 g/mol. The van der Waals surface area contributed by atoms with Crippen molar-refractivity contribution in [3.05, 3.63) is 71.5 Å². The van der Waals surface area contributed by atoms with Gasteiger partial charge in [0.15, 0.2) is 0 Å². The average molecular weight is 344 g/mol. The molecule has 0 saturated heterocycles. The van der Waals surface area contributed by atoms with Crippen LogP contribution in [0.5, 0.6) is 0 Å². The molecule has 1 aromatic carbocycles. The number of anilines is 1. The molecule has 0 unspecified atom stereocenters. The van der Waals surface area contributed by atoms with Gasteiger partial charge in [0.1, 0.15) is 11.9 Å². The molecule has 0 radical (unpaired) electrons. The van der Waals surface area contributed by atoms with Crippen molar-refractivity contribution in [2.45, 2.75) is 6.42 Å². The molecule has 0 aliphatic heterocycles. The number of aliphatic hydroxyl groups excluding tert-OH is 1. The minimum absolute atomic E-state index is 0.115. The Labute approximate surface area is 152 Å². The van der Waals surface area contributed by atoms with E-state index in [4.69, 9.17) is 5.11 Å². The van der Waals surface area contributed by atoms with Gasteiger partial charge < -0.3 is 15.4 Å². The smallest absolute Gasteiger partial charge is 0.121 e. The van der Waals surface area contributed by atoms with Gasteiger partial charge in [0.05, 0.1) is 11.3 Å². The quantitative estimate of drug-likeness (QED) is 0.567. The number of nitrogens with zero attached hydrogens (tertiary/aromatic N) is 2. The van der Waals surface area contributed by atoms with E-state index in [0.29, 0.717) is 24.3 Å². The van der Waals surface area contributed by atoms with E-state index in [9.17, 15) is 5.26 Å². The normalized spacial score (nSPS) is 10.8. The zero-order chi connectivity index (χ0) is 18.2. The lowest BCUT2D eigenvalue weighted by Crippen LogP contribution is -2.04. The third-order valence-corrected chi connectivity index (χ3v) is 3.91. The Balaban J connectivity index is 1.82. The molecule has 2 aromatic heterocycles. The van der Waals surface area contributed by atoms with E-state index in [1.807, 2.05) is 60.7 Å². The van der Waals surface area contributed by atoms with Gasteiger partial charge >= 0.3 is 0 Å². The van der Waals surface area contributed by atoms with E-state index in [2.05, 4.69) is 21.4 Å². The van der Waals surface area contributed by atoms with Crippen LogP contribution in [0.1, 0.15) is 23.2 Å². The van der Waals surface area contributed by atoms with Crippen molar-refractivity contribution in [2.75, 3.05) is 18.5 Å². The van der Waals surface area contributed by atoms with E-state index in [0.717, 1.165) is 22.5 Å². The number of H-pyrrole nitrogens is 1. The molecular formula is C21H20N4O. The molecule has 0 amide bonds. The number of pyridine rings is 1. The van der Waals surface area contributed by atoms with Gasteiger partial charge in [-0.2, -0.15) is 5.26 Å². The maximum atomic E-state index is 9.32. The molecule has 26 heavy (non-hydrogen) atoms. The maximum absolute atomic E-state index is 9.32. The fourth-order valence-corrected chi connectivity index (χ4v) is 2.58. The fourth-order valence-electron chi connectivity index (χ4n) is 2.58. The van der Waals surface area contributed by atoms with Crippen LogP contribution >= 0.6 is 0 Å². The number of rotatable bonds is 7. The lowest BCUT2D eigenvalue weighted by atomic mass is 10.1. The molecule has 3 N–H and O–H groups in total. The standard InChI is InChI=1S/C21H20N4O/c22-15-18-14-20(25-21(18)24-10-4-12-26)17-9-11-23-19(13-17)8-7-16-5-2-1-3-6-16/h1-3,5-9,11,13-14,24-26H,4,10,12H2/b8-7+. The molecule has 0 saturated carbocycles. The summed E-state index contributed by atoms with van der Waals surface area (Å²) in [7, 11) is 0. The summed E-state index contributed by atoms with van der Waals surface area (Å²) in [5, 5.41) is 21.4. The van der Waals surface area contributed by atoms with E-state index < -0.39 is 0 Å². The molecule has 5 heteroatoms. The van der Waals surface area contributed by atoms with Crippen LogP contribution in [0.25, 0.3) is 23.4 Å². The van der Waals surface area contributed by atoms with Gasteiger partial charge in [-0.1, -0.05) is 36.4 Å². The minimum Gasteiger partial charge on any atom is -0.396 e. The largest absolute Gasteiger partial charge is 0.396 e. The molecule has 5 nitrogen and oxygen atoms in total. The molecule has 2 heterocycles. The highest BCUT2D eigenvalue weighted by atomic mass is 16.3. The van der Waals surface area contributed by atoms with Crippen LogP contribution in [-0.4, -0.2) is 28.2 Å². The number of aliphatic hydroxyl groups is 1. The number of benzene rings is 1. The SMILES string of the molecule is N#Cc1cc(-c2ccnc(/C=C/c3ccccc3)c2)[nH]c1NCCCO. The van der Waals surface area contributed by atoms with Gasteiger partial charge in [0, 0.05) is 30.6 Å². The summed E-state index contributed by atoms with van der Waals surface area (Å²) >= 11 is 0. The van der Waals surface area contributed by atoms with Crippen LogP contribution in [0.4, 0.5) is 5.82 Å². The third-order valence-electron chi connectivity index (χ3n) is 3.91. The van der Waals surface area contributed by atoms with Crippen molar-refractivity contribution in [1.82, 2.24) is 9.97 Å². The molecule has 3 rings (SSSR count). The molecule has 3 aromatic rings. The lowest BCUT2D eigenvalue weighted by molar-refractivity contribution is 0.292. The average Bonchev–Trinajstić information content (AvgIpc) is 3.11. The second-order valence-electron chi connectivity index (χ2n) is 5.80. The number of nitriles is 1. The van der Waals surface area contributed by atoms with Gasteiger partial charge in [-0.15, -0.1) is 0 Å². The number of hydrogen-bond donors (Lipinski definition) is 3. The van der Waals surface area contributed by atoms with Crippen LogP contribution in [0.15, 0.2) is 54.7 Å². The number of hydrogen-bond acceptors (Lipinski definition) is 4. The highest BCUT2D eigenvalue weighted by Gasteiger charge is 2.09. The summed E-state index contributed by atoms with van der Waals surface area (Å²) in [5.41, 5.74) is 4.32. The van der Waals surface area contributed by atoms with Crippen molar-refractivity contribution in [3.63, 3.8) is 0 Å². The van der Waals surface area contributed by atoms with Gasteiger partial charge in [-0.25, -0.2) is 0 Å². The fraction of sp³-hybridized carbons (Fsp3) is 0.143. The first-order valence-electron chi connectivity index (χ1n) is 8.47. The Kier molecular flexibility index (Phi) is 5.81. The second-order valence-corrected chi connectivity index (χ2v) is 5.80. The Morgan fingerprint density at radius 1 is 1.15 bits per heavy atom. The highest BCUT2D eigenvalue weighted by Crippen LogP contribution is 2.25. The molecule has 0 spiro atoms. The van der Waals surface area contributed by atoms with Crippen molar-refractivity contribution in [2.24, 2.45) is 0 Å². The zero-order valence-electron chi connectivity index (χ0n) is 14.3.